The molecule has 2 rings (SSSR count). The van der Waals surface area contributed by atoms with E-state index in [4.69, 9.17) is 9.52 Å². The van der Waals surface area contributed by atoms with E-state index < -0.39 is 5.97 Å². The Morgan fingerprint density at radius 2 is 2.47 bits per heavy atom. The minimum absolute atomic E-state index is 0.0689. The minimum atomic E-state index is -0.990. The quantitative estimate of drug-likeness (QED) is 0.897. The molecule has 0 aliphatic carbocycles. The van der Waals surface area contributed by atoms with Gasteiger partial charge in [0, 0.05) is 29.7 Å². The van der Waals surface area contributed by atoms with Gasteiger partial charge in [0.1, 0.15) is 5.76 Å². The maximum Gasteiger partial charge on any atom is 0.372 e. The zero-order valence-corrected chi connectivity index (χ0v) is 10.9. The highest BCUT2D eigenvalue weighted by Crippen LogP contribution is 2.21. The van der Waals surface area contributed by atoms with Crippen LogP contribution >= 0.6 is 11.8 Å². The summed E-state index contributed by atoms with van der Waals surface area (Å²) in [5.41, 5.74) is 0.701. The van der Waals surface area contributed by atoms with Crippen LogP contribution in [0.2, 0.25) is 0 Å². The standard InChI is InChI=1S/C12H17NO3S/c1-8-5-10(16-11(8)12(14)15)7-13-3-4-17-9(2)6-13/h5,9H,3-4,6-7H2,1-2H3,(H,14,15). The van der Waals surface area contributed by atoms with Crippen molar-refractivity contribution >= 4 is 17.7 Å². The first-order valence-corrected chi connectivity index (χ1v) is 6.77. The number of rotatable bonds is 3. The van der Waals surface area contributed by atoms with E-state index in [0.717, 1.165) is 24.6 Å². The molecule has 0 aromatic carbocycles. The summed E-state index contributed by atoms with van der Waals surface area (Å²) in [4.78, 5) is 13.2. The molecule has 1 saturated heterocycles. The summed E-state index contributed by atoms with van der Waals surface area (Å²) >= 11 is 1.98. The molecule has 1 aromatic heterocycles. The maximum atomic E-state index is 10.9. The van der Waals surface area contributed by atoms with Crippen molar-refractivity contribution in [1.29, 1.82) is 0 Å². The van der Waals surface area contributed by atoms with Gasteiger partial charge in [0.25, 0.3) is 0 Å². The summed E-state index contributed by atoms with van der Waals surface area (Å²) in [7, 11) is 0. The van der Waals surface area contributed by atoms with E-state index >= 15 is 0 Å². The monoisotopic (exact) mass is 255 g/mol. The Kier molecular flexibility index (Phi) is 3.79. The Morgan fingerprint density at radius 3 is 3.06 bits per heavy atom. The molecule has 0 amide bonds. The first kappa shape index (κ1) is 12.5. The molecule has 1 atom stereocenters. The largest absolute Gasteiger partial charge is 0.475 e. The zero-order chi connectivity index (χ0) is 12.4. The Balaban J connectivity index is 2.03. The van der Waals surface area contributed by atoms with E-state index in [2.05, 4.69) is 11.8 Å². The minimum Gasteiger partial charge on any atom is -0.475 e. The summed E-state index contributed by atoms with van der Waals surface area (Å²) < 4.78 is 5.37. The normalized spacial score (nSPS) is 21.6. The molecule has 5 heteroatoms. The molecule has 2 heterocycles. The van der Waals surface area contributed by atoms with Crippen LogP contribution in [0.5, 0.6) is 0 Å². The number of furan rings is 1. The molecular weight excluding hydrogens is 238 g/mol. The summed E-state index contributed by atoms with van der Waals surface area (Å²) in [5, 5.41) is 9.55. The van der Waals surface area contributed by atoms with Gasteiger partial charge in [-0.15, -0.1) is 0 Å². The van der Waals surface area contributed by atoms with Gasteiger partial charge in [-0.05, 0) is 13.0 Å². The van der Waals surface area contributed by atoms with E-state index in [1.54, 1.807) is 6.92 Å². The Morgan fingerprint density at radius 1 is 1.71 bits per heavy atom. The fourth-order valence-corrected chi connectivity index (χ4v) is 3.18. The van der Waals surface area contributed by atoms with Crippen LogP contribution in [0.4, 0.5) is 0 Å². The molecule has 0 spiro atoms. The molecule has 1 aliphatic heterocycles. The first-order valence-electron chi connectivity index (χ1n) is 5.73. The van der Waals surface area contributed by atoms with Crippen LogP contribution in [0, 0.1) is 6.92 Å². The SMILES string of the molecule is Cc1cc(CN2CCSC(C)C2)oc1C(=O)O. The fraction of sp³-hybridized carbons (Fsp3) is 0.583. The van der Waals surface area contributed by atoms with Crippen molar-refractivity contribution in [2.75, 3.05) is 18.8 Å². The molecule has 1 aromatic rings. The number of carbonyl (C=O) groups is 1. The van der Waals surface area contributed by atoms with Crippen LogP contribution in [0.25, 0.3) is 0 Å². The third-order valence-electron chi connectivity index (χ3n) is 2.87. The Labute approximate surface area is 105 Å². The molecule has 0 radical (unpaired) electrons. The smallest absolute Gasteiger partial charge is 0.372 e. The average molecular weight is 255 g/mol. The van der Waals surface area contributed by atoms with Crippen molar-refractivity contribution < 1.29 is 14.3 Å². The van der Waals surface area contributed by atoms with Crippen molar-refractivity contribution in [1.82, 2.24) is 4.90 Å². The molecular formula is C12H17NO3S. The van der Waals surface area contributed by atoms with Gasteiger partial charge in [-0.25, -0.2) is 4.79 Å². The molecule has 1 fully saturated rings. The van der Waals surface area contributed by atoms with Gasteiger partial charge in [0.15, 0.2) is 0 Å². The number of hydrogen-bond donors (Lipinski definition) is 1. The van der Waals surface area contributed by atoms with Crippen LogP contribution in [0.15, 0.2) is 10.5 Å². The van der Waals surface area contributed by atoms with Crippen molar-refractivity contribution in [2.45, 2.75) is 25.6 Å². The van der Waals surface area contributed by atoms with Crippen LogP contribution in [0.1, 0.15) is 28.8 Å². The van der Waals surface area contributed by atoms with E-state index in [1.807, 2.05) is 17.8 Å². The lowest BCUT2D eigenvalue weighted by atomic mass is 10.2. The summed E-state index contributed by atoms with van der Waals surface area (Å²) in [6, 6.07) is 1.83. The van der Waals surface area contributed by atoms with Gasteiger partial charge >= 0.3 is 5.97 Å². The lowest BCUT2D eigenvalue weighted by Crippen LogP contribution is -2.35. The summed E-state index contributed by atoms with van der Waals surface area (Å²) in [6.45, 7) is 6.76. The predicted molar refractivity (Wildman–Crippen MR) is 67.6 cm³/mol. The lowest BCUT2D eigenvalue weighted by Gasteiger charge is -2.29. The summed E-state index contributed by atoms with van der Waals surface area (Å²) in [5.74, 6) is 0.960. The average Bonchev–Trinajstić information content (AvgIpc) is 2.59. The molecule has 4 nitrogen and oxygen atoms in total. The number of aromatic carboxylic acids is 1. The zero-order valence-electron chi connectivity index (χ0n) is 10.1. The molecule has 0 saturated carbocycles. The van der Waals surface area contributed by atoms with E-state index in [1.165, 1.54) is 0 Å². The lowest BCUT2D eigenvalue weighted by molar-refractivity contribution is 0.0657. The number of carboxylic acid groups (broad SMARTS) is 1. The number of thioether (sulfide) groups is 1. The van der Waals surface area contributed by atoms with Gasteiger partial charge in [0.05, 0.1) is 6.54 Å². The Hall–Kier alpha value is -0.940. The van der Waals surface area contributed by atoms with Crippen molar-refractivity contribution in [3.8, 4) is 0 Å². The second kappa shape index (κ2) is 5.14. The maximum absolute atomic E-state index is 10.9. The highest BCUT2D eigenvalue weighted by molar-refractivity contribution is 7.99. The Bertz CT molecular complexity index is 416. The van der Waals surface area contributed by atoms with E-state index in [9.17, 15) is 4.79 Å². The van der Waals surface area contributed by atoms with Gasteiger partial charge in [-0.3, -0.25) is 4.90 Å². The van der Waals surface area contributed by atoms with Gasteiger partial charge < -0.3 is 9.52 Å². The van der Waals surface area contributed by atoms with Crippen molar-refractivity contribution in [3.63, 3.8) is 0 Å². The summed E-state index contributed by atoms with van der Waals surface area (Å²) in [6.07, 6.45) is 0. The van der Waals surface area contributed by atoms with Crippen LogP contribution in [-0.4, -0.2) is 40.1 Å². The molecule has 0 bridgehead atoms. The van der Waals surface area contributed by atoms with Crippen LogP contribution < -0.4 is 0 Å². The second-order valence-corrected chi connectivity index (χ2v) is 5.99. The molecule has 1 unspecified atom stereocenters. The topological polar surface area (TPSA) is 53.7 Å². The van der Waals surface area contributed by atoms with Gasteiger partial charge in [0.2, 0.25) is 5.76 Å². The molecule has 1 N–H and O–H groups in total. The number of hydrogen-bond acceptors (Lipinski definition) is 4. The van der Waals surface area contributed by atoms with E-state index in [0.29, 0.717) is 17.4 Å². The fourth-order valence-electron chi connectivity index (χ4n) is 2.09. The molecule has 94 valence electrons. The van der Waals surface area contributed by atoms with E-state index in [-0.39, 0.29) is 5.76 Å². The number of aryl methyl sites for hydroxylation is 1. The third-order valence-corrected chi connectivity index (χ3v) is 4.00. The van der Waals surface area contributed by atoms with Gasteiger partial charge in [-0.1, -0.05) is 6.92 Å². The molecule has 17 heavy (non-hydrogen) atoms. The highest BCUT2D eigenvalue weighted by Gasteiger charge is 2.20. The van der Waals surface area contributed by atoms with Crippen molar-refractivity contribution in [2.24, 2.45) is 0 Å². The van der Waals surface area contributed by atoms with Gasteiger partial charge in [-0.2, -0.15) is 11.8 Å². The van der Waals surface area contributed by atoms with Crippen molar-refractivity contribution in [3.05, 3.63) is 23.2 Å². The first-order chi connectivity index (χ1) is 8.06. The number of nitrogens with zero attached hydrogens (tertiary/aromatic N) is 1. The second-order valence-electron chi connectivity index (χ2n) is 4.45. The predicted octanol–water partition coefficient (Wildman–Crippen LogP) is 2.22. The van der Waals surface area contributed by atoms with Crippen LogP contribution in [-0.2, 0) is 6.54 Å². The van der Waals surface area contributed by atoms with Crippen LogP contribution in [0.3, 0.4) is 0 Å². The third kappa shape index (κ3) is 3.04. The molecule has 1 aliphatic rings. The number of carboxylic acids is 1. The highest BCUT2D eigenvalue weighted by atomic mass is 32.2.